The largest absolute Gasteiger partial charge is 1.00 e. The van der Waals surface area contributed by atoms with E-state index in [2.05, 4.69) is 32.9 Å². The molecule has 0 atom stereocenters. The van der Waals surface area contributed by atoms with Crippen molar-refractivity contribution in [3.8, 4) is 5.75 Å². The van der Waals surface area contributed by atoms with E-state index < -0.39 is 0 Å². The van der Waals surface area contributed by atoms with E-state index >= 15 is 0 Å². The third-order valence-electron chi connectivity index (χ3n) is 5.44. The van der Waals surface area contributed by atoms with Gasteiger partial charge in [0.15, 0.2) is 0 Å². The van der Waals surface area contributed by atoms with Gasteiger partial charge in [-0.3, -0.25) is 4.79 Å². The van der Waals surface area contributed by atoms with Crippen LogP contribution in [-0.4, -0.2) is 61.7 Å². The molecule has 28 heavy (non-hydrogen) atoms. The lowest BCUT2D eigenvalue weighted by Gasteiger charge is -2.38. The van der Waals surface area contributed by atoms with Crippen LogP contribution in [0.15, 0.2) is 54.6 Å². The standard InChI is InChI=1S/C23H33N2O2.HI/c1-5-25(6-2,17-18-27-22-14-10-11-20(3)19-22)16-15-24(4)23(26)21-12-8-7-9-13-21;/h7-14,19H,5-6,15-18H2,1-4H3;1H/q+1;/p-1. The maximum atomic E-state index is 12.6. The molecule has 2 aromatic carbocycles. The van der Waals surface area contributed by atoms with Gasteiger partial charge in [-0.1, -0.05) is 30.3 Å². The summed E-state index contributed by atoms with van der Waals surface area (Å²) in [5.74, 6) is 1.01. The van der Waals surface area contributed by atoms with Crippen LogP contribution in [0.1, 0.15) is 29.8 Å². The molecule has 0 radical (unpaired) electrons. The Morgan fingerprint density at radius 3 is 2.29 bits per heavy atom. The maximum Gasteiger partial charge on any atom is 0.253 e. The van der Waals surface area contributed by atoms with E-state index in [9.17, 15) is 4.79 Å². The summed E-state index contributed by atoms with van der Waals surface area (Å²) in [7, 11) is 1.89. The predicted octanol–water partition coefficient (Wildman–Crippen LogP) is 1.01. The second-order valence-electron chi connectivity index (χ2n) is 7.18. The fourth-order valence-electron chi connectivity index (χ4n) is 3.29. The normalized spacial score (nSPS) is 10.9. The molecule has 0 saturated carbocycles. The van der Waals surface area contributed by atoms with Crippen LogP contribution in [-0.2, 0) is 0 Å². The van der Waals surface area contributed by atoms with Crippen molar-refractivity contribution in [1.82, 2.24) is 4.90 Å². The van der Waals surface area contributed by atoms with Crippen molar-refractivity contribution in [3.63, 3.8) is 0 Å². The van der Waals surface area contributed by atoms with Crippen LogP contribution in [0.2, 0.25) is 0 Å². The fraction of sp³-hybridized carbons (Fsp3) is 0.435. The molecular formula is C23H33IN2O2. The number of amides is 1. The van der Waals surface area contributed by atoms with Gasteiger partial charge in [0.2, 0.25) is 0 Å². The summed E-state index contributed by atoms with van der Waals surface area (Å²) < 4.78 is 6.92. The zero-order chi connectivity index (χ0) is 19.7. The molecule has 4 nitrogen and oxygen atoms in total. The van der Waals surface area contributed by atoms with Crippen LogP contribution >= 0.6 is 0 Å². The summed E-state index contributed by atoms with van der Waals surface area (Å²) in [6.45, 7) is 11.9. The van der Waals surface area contributed by atoms with Crippen LogP contribution < -0.4 is 28.7 Å². The summed E-state index contributed by atoms with van der Waals surface area (Å²) in [5.41, 5.74) is 1.95. The predicted molar refractivity (Wildman–Crippen MR) is 111 cm³/mol. The van der Waals surface area contributed by atoms with E-state index in [1.807, 2.05) is 54.4 Å². The Balaban J connectivity index is 0.00000392. The van der Waals surface area contributed by atoms with Gasteiger partial charge in [-0.05, 0) is 50.6 Å². The zero-order valence-electron chi connectivity index (χ0n) is 17.5. The van der Waals surface area contributed by atoms with Gasteiger partial charge in [-0.15, -0.1) is 0 Å². The molecule has 0 fully saturated rings. The van der Waals surface area contributed by atoms with Crippen molar-refractivity contribution < 1.29 is 38.0 Å². The Kier molecular flexibility index (Phi) is 10.5. The molecule has 0 spiro atoms. The van der Waals surface area contributed by atoms with Gasteiger partial charge in [-0.2, -0.15) is 0 Å². The van der Waals surface area contributed by atoms with Crippen molar-refractivity contribution in [2.75, 3.05) is 46.4 Å². The molecule has 2 rings (SSSR count). The Morgan fingerprint density at radius 2 is 1.68 bits per heavy atom. The summed E-state index contributed by atoms with van der Waals surface area (Å²) in [6.07, 6.45) is 0. The van der Waals surface area contributed by atoms with Crippen molar-refractivity contribution in [3.05, 3.63) is 65.7 Å². The van der Waals surface area contributed by atoms with Gasteiger partial charge in [0.05, 0.1) is 26.2 Å². The number of carbonyl (C=O) groups is 1. The number of hydrogen-bond acceptors (Lipinski definition) is 2. The summed E-state index contributed by atoms with van der Waals surface area (Å²) in [4.78, 5) is 14.4. The minimum absolute atomic E-state index is 0. The second-order valence-corrected chi connectivity index (χ2v) is 7.18. The molecular weight excluding hydrogens is 463 g/mol. The zero-order valence-corrected chi connectivity index (χ0v) is 19.7. The molecule has 0 aliphatic heterocycles. The average Bonchev–Trinajstić information content (AvgIpc) is 2.70. The topological polar surface area (TPSA) is 29.5 Å². The van der Waals surface area contributed by atoms with Crippen LogP contribution in [0, 0.1) is 6.92 Å². The quantitative estimate of drug-likeness (QED) is 0.363. The van der Waals surface area contributed by atoms with Crippen LogP contribution in [0.25, 0.3) is 0 Å². The highest BCUT2D eigenvalue weighted by Gasteiger charge is 2.25. The Hall–Kier alpha value is -1.60. The molecule has 154 valence electrons. The maximum absolute atomic E-state index is 12.6. The summed E-state index contributed by atoms with van der Waals surface area (Å²) >= 11 is 0. The third-order valence-corrected chi connectivity index (χ3v) is 5.44. The fourth-order valence-corrected chi connectivity index (χ4v) is 3.29. The number of benzene rings is 2. The molecule has 2 aromatic rings. The van der Waals surface area contributed by atoms with Crippen LogP contribution in [0.5, 0.6) is 5.75 Å². The highest BCUT2D eigenvalue weighted by molar-refractivity contribution is 5.93. The molecule has 0 heterocycles. The van der Waals surface area contributed by atoms with Gasteiger partial charge in [0.25, 0.3) is 5.91 Å². The molecule has 0 N–H and O–H groups in total. The van der Waals surface area contributed by atoms with Crippen molar-refractivity contribution in [2.45, 2.75) is 20.8 Å². The molecule has 0 aromatic heterocycles. The molecule has 0 bridgehead atoms. The van der Waals surface area contributed by atoms with Gasteiger partial charge in [0, 0.05) is 12.6 Å². The number of nitrogens with zero attached hydrogens (tertiary/aromatic N) is 2. The first-order valence-electron chi connectivity index (χ1n) is 9.85. The van der Waals surface area contributed by atoms with Gasteiger partial charge in [0.1, 0.15) is 18.9 Å². The smallest absolute Gasteiger partial charge is 0.253 e. The molecule has 5 heteroatoms. The van der Waals surface area contributed by atoms with Crippen LogP contribution in [0.3, 0.4) is 0 Å². The third kappa shape index (κ3) is 7.09. The van der Waals surface area contributed by atoms with Gasteiger partial charge >= 0.3 is 0 Å². The van der Waals surface area contributed by atoms with E-state index in [1.165, 1.54) is 5.56 Å². The first kappa shape index (κ1) is 24.4. The van der Waals surface area contributed by atoms with Crippen molar-refractivity contribution in [1.29, 1.82) is 0 Å². The lowest BCUT2D eigenvalue weighted by Crippen LogP contribution is -3.00. The Bertz CT molecular complexity index is 718. The summed E-state index contributed by atoms with van der Waals surface area (Å²) in [5, 5.41) is 0. The Labute approximate surface area is 187 Å². The van der Waals surface area contributed by atoms with E-state index in [4.69, 9.17) is 4.74 Å². The van der Waals surface area contributed by atoms with Crippen LogP contribution in [0.4, 0.5) is 0 Å². The number of hydrogen-bond donors (Lipinski definition) is 0. The first-order chi connectivity index (χ1) is 13.0. The van der Waals surface area contributed by atoms with Gasteiger partial charge < -0.3 is 38.1 Å². The van der Waals surface area contributed by atoms with E-state index in [0.717, 1.165) is 48.5 Å². The number of ether oxygens (including phenoxy) is 1. The number of quaternary nitrogens is 1. The first-order valence-corrected chi connectivity index (χ1v) is 9.85. The number of carbonyl (C=O) groups excluding carboxylic acids is 1. The minimum Gasteiger partial charge on any atom is -1.00 e. The van der Waals surface area contributed by atoms with E-state index in [0.29, 0.717) is 6.61 Å². The minimum atomic E-state index is 0. The number of likely N-dealkylation sites (N-methyl/N-ethyl adjacent to an activating group) is 2. The second kappa shape index (κ2) is 12.1. The molecule has 0 unspecified atom stereocenters. The molecule has 0 saturated heterocycles. The summed E-state index contributed by atoms with van der Waals surface area (Å²) in [6, 6.07) is 17.7. The van der Waals surface area contributed by atoms with Crippen molar-refractivity contribution in [2.24, 2.45) is 0 Å². The lowest BCUT2D eigenvalue weighted by atomic mass is 10.2. The highest BCUT2D eigenvalue weighted by Crippen LogP contribution is 2.14. The SMILES string of the molecule is CC[N+](CC)(CCOc1cccc(C)c1)CCN(C)C(=O)c1ccccc1.[I-]. The van der Waals surface area contributed by atoms with Crippen molar-refractivity contribution >= 4 is 5.91 Å². The van der Waals surface area contributed by atoms with E-state index in [-0.39, 0.29) is 29.9 Å². The van der Waals surface area contributed by atoms with Gasteiger partial charge in [-0.25, -0.2) is 0 Å². The molecule has 0 aliphatic rings. The number of aryl methyl sites for hydroxylation is 1. The average molecular weight is 496 g/mol. The highest BCUT2D eigenvalue weighted by atomic mass is 127. The molecule has 0 aliphatic carbocycles. The van der Waals surface area contributed by atoms with E-state index in [1.54, 1.807) is 0 Å². The number of rotatable bonds is 10. The monoisotopic (exact) mass is 496 g/mol. The lowest BCUT2D eigenvalue weighted by molar-refractivity contribution is -0.924. The number of halogens is 1. The Morgan fingerprint density at radius 1 is 1.00 bits per heavy atom. The molecule has 1 amide bonds.